The average Bonchev–Trinajstić information content (AvgIpc) is 2.35. The van der Waals surface area contributed by atoms with E-state index in [2.05, 4.69) is 10.1 Å². The van der Waals surface area contributed by atoms with Gasteiger partial charge in [-0.2, -0.15) is 0 Å². The summed E-state index contributed by atoms with van der Waals surface area (Å²) in [6.45, 7) is 3.70. The summed E-state index contributed by atoms with van der Waals surface area (Å²) in [6.07, 6.45) is -0.530. The zero-order chi connectivity index (χ0) is 8.97. The van der Waals surface area contributed by atoms with Crippen LogP contribution in [0.15, 0.2) is 0 Å². The molecule has 0 aromatic carbocycles. The standard InChI is InChI=1S/C7H12N2O3.ClH/c1-2-8-3-4-9-6(10)5-12-7(9)11;/h8H,2-5H2,1H3;1H. The molecule has 1 N–H and O–H groups in total. The zero-order valence-corrected chi connectivity index (χ0v) is 8.23. The van der Waals surface area contributed by atoms with Gasteiger partial charge in [0.15, 0.2) is 6.61 Å². The number of nitrogens with one attached hydrogen (secondary N) is 1. The van der Waals surface area contributed by atoms with Crippen molar-refractivity contribution in [3.8, 4) is 0 Å². The molecule has 0 saturated carbocycles. The van der Waals surface area contributed by atoms with Crippen molar-refractivity contribution in [1.82, 2.24) is 10.2 Å². The van der Waals surface area contributed by atoms with E-state index in [1.165, 1.54) is 0 Å². The molecule has 0 aromatic heterocycles. The lowest BCUT2D eigenvalue weighted by molar-refractivity contribution is -0.125. The van der Waals surface area contributed by atoms with Crippen molar-refractivity contribution in [2.45, 2.75) is 6.92 Å². The van der Waals surface area contributed by atoms with E-state index in [-0.39, 0.29) is 24.9 Å². The maximum Gasteiger partial charge on any atom is 0.417 e. The first-order valence-electron chi connectivity index (χ1n) is 3.93. The molecule has 1 fully saturated rings. The molecule has 1 rings (SSSR count). The van der Waals surface area contributed by atoms with Crippen molar-refractivity contribution in [2.75, 3.05) is 26.2 Å². The molecule has 0 aliphatic carbocycles. The van der Waals surface area contributed by atoms with Crippen LogP contribution in [-0.4, -0.2) is 43.1 Å². The Kier molecular flexibility index (Phi) is 5.41. The average molecular weight is 209 g/mol. The minimum Gasteiger partial charge on any atom is -0.439 e. The number of amides is 2. The van der Waals surface area contributed by atoms with Gasteiger partial charge in [-0.15, -0.1) is 12.4 Å². The molecule has 1 saturated heterocycles. The Balaban J connectivity index is 0.00000144. The first-order valence-corrected chi connectivity index (χ1v) is 3.93. The minimum atomic E-state index is -0.530. The predicted molar refractivity (Wildman–Crippen MR) is 48.9 cm³/mol. The van der Waals surface area contributed by atoms with Gasteiger partial charge < -0.3 is 10.1 Å². The molecule has 1 aliphatic rings. The maximum atomic E-state index is 10.9. The number of rotatable bonds is 4. The van der Waals surface area contributed by atoms with Crippen LogP contribution < -0.4 is 5.32 Å². The third kappa shape index (κ3) is 3.20. The number of nitrogens with zero attached hydrogens (tertiary/aromatic N) is 1. The molecule has 0 spiro atoms. The van der Waals surface area contributed by atoms with Crippen molar-refractivity contribution < 1.29 is 14.3 Å². The van der Waals surface area contributed by atoms with Crippen LogP contribution in [0.3, 0.4) is 0 Å². The Labute approximate surface area is 82.8 Å². The highest BCUT2D eigenvalue weighted by Crippen LogP contribution is 2.03. The van der Waals surface area contributed by atoms with Gasteiger partial charge in [0.1, 0.15) is 0 Å². The fourth-order valence-corrected chi connectivity index (χ4v) is 0.965. The zero-order valence-electron chi connectivity index (χ0n) is 7.41. The van der Waals surface area contributed by atoms with Crippen LogP contribution in [-0.2, 0) is 9.53 Å². The van der Waals surface area contributed by atoms with E-state index in [9.17, 15) is 9.59 Å². The summed E-state index contributed by atoms with van der Waals surface area (Å²) in [7, 11) is 0. The summed E-state index contributed by atoms with van der Waals surface area (Å²) in [5.74, 6) is -0.252. The lowest BCUT2D eigenvalue weighted by atomic mass is 10.5. The van der Waals surface area contributed by atoms with Gasteiger partial charge in [-0.1, -0.05) is 6.92 Å². The van der Waals surface area contributed by atoms with Gasteiger partial charge in [0.2, 0.25) is 0 Å². The van der Waals surface area contributed by atoms with Gasteiger partial charge in [-0.3, -0.25) is 4.79 Å². The van der Waals surface area contributed by atoms with Crippen LogP contribution in [0.4, 0.5) is 4.79 Å². The van der Waals surface area contributed by atoms with Crippen molar-refractivity contribution >= 4 is 24.4 Å². The molecule has 2 amide bonds. The molecule has 1 heterocycles. The second-order valence-electron chi connectivity index (χ2n) is 2.45. The van der Waals surface area contributed by atoms with Crippen LogP contribution in [0.2, 0.25) is 0 Å². The molecular weight excluding hydrogens is 196 g/mol. The summed E-state index contributed by atoms with van der Waals surface area (Å²) in [6, 6.07) is 0. The number of imide groups is 1. The van der Waals surface area contributed by atoms with E-state index >= 15 is 0 Å². The molecule has 6 heteroatoms. The van der Waals surface area contributed by atoms with E-state index in [1.807, 2.05) is 6.92 Å². The van der Waals surface area contributed by atoms with Crippen LogP contribution >= 0.6 is 12.4 Å². The Bertz CT molecular complexity index is 182. The number of likely N-dealkylation sites (N-methyl/N-ethyl adjacent to an activating group) is 1. The second-order valence-corrected chi connectivity index (χ2v) is 2.45. The Morgan fingerprint density at radius 2 is 2.23 bits per heavy atom. The number of ether oxygens (including phenoxy) is 1. The lowest BCUT2D eigenvalue weighted by Gasteiger charge is -2.09. The van der Waals surface area contributed by atoms with Gasteiger partial charge in [-0.25, -0.2) is 9.69 Å². The van der Waals surface area contributed by atoms with E-state index in [0.717, 1.165) is 11.4 Å². The molecular formula is C7H13ClN2O3. The quantitative estimate of drug-likeness (QED) is 0.661. The maximum absolute atomic E-state index is 10.9. The van der Waals surface area contributed by atoms with Crippen molar-refractivity contribution in [2.24, 2.45) is 0 Å². The smallest absolute Gasteiger partial charge is 0.417 e. The Hall–Kier alpha value is -0.810. The summed E-state index contributed by atoms with van der Waals surface area (Å²) < 4.78 is 4.52. The van der Waals surface area contributed by atoms with Gasteiger partial charge in [-0.05, 0) is 6.54 Å². The third-order valence-corrected chi connectivity index (χ3v) is 1.60. The van der Waals surface area contributed by atoms with Crippen molar-refractivity contribution in [3.05, 3.63) is 0 Å². The van der Waals surface area contributed by atoms with Crippen LogP contribution in [0, 0.1) is 0 Å². The predicted octanol–water partition coefficient (Wildman–Crippen LogP) is -0.00350. The molecule has 13 heavy (non-hydrogen) atoms. The number of carbonyl (C=O) groups is 2. The van der Waals surface area contributed by atoms with Gasteiger partial charge in [0.05, 0.1) is 0 Å². The summed E-state index contributed by atoms with van der Waals surface area (Å²) in [5.41, 5.74) is 0. The number of halogens is 1. The molecule has 0 unspecified atom stereocenters. The molecule has 0 bridgehead atoms. The summed E-state index contributed by atoms with van der Waals surface area (Å²) in [5, 5.41) is 3.01. The van der Waals surface area contributed by atoms with E-state index < -0.39 is 6.09 Å². The molecule has 1 aliphatic heterocycles. The SMILES string of the molecule is CCNCCN1C(=O)COC1=O.Cl. The first kappa shape index (κ1) is 12.2. The van der Waals surface area contributed by atoms with Gasteiger partial charge in [0.25, 0.3) is 5.91 Å². The van der Waals surface area contributed by atoms with Crippen LogP contribution in [0.5, 0.6) is 0 Å². The summed E-state index contributed by atoms with van der Waals surface area (Å²) >= 11 is 0. The highest BCUT2D eigenvalue weighted by Gasteiger charge is 2.29. The van der Waals surface area contributed by atoms with E-state index in [4.69, 9.17) is 0 Å². The Morgan fingerprint density at radius 3 is 2.69 bits per heavy atom. The van der Waals surface area contributed by atoms with Crippen LogP contribution in [0.25, 0.3) is 0 Å². The minimum absolute atomic E-state index is 0. The van der Waals surface area contributed by atoms with Gasteiger partial charge >= 0.3 is 6.09 Å². The molecule has 0 aromatic rings. The second kappa shape index (κ2) is 5.77. The number of carbonyl (C=O) groups excluding carboxylic acids is 2. The normalized spacial score (nSPS) is 15.6. The highest BCUT2D eigenvalue weighted by atomic mass is 35.5. The summed E-state index contributed by atoms with van der Waals surface area (Å²) in [4.78, 5) is 22.9. The first-order chi connectivity index (χ1) is 5.75. The van der Waals surface area contributed by atoms with E-state index in [1.54, 1.807) is 0 Å². The molecule has 0 atom stereocenters. The number of hydrogen-bond donors (Lipinski definition) is 1. The van der Waals surface area contributed by atoms with Crippen molar-refractivity contribution in [1.29, 1.82) is 0 Å². The van der Waals surface area contributed by atoms with Crippen LogP contribution in [0.1, 0.15) is 6.92 Å². The number of hydrogen-bond acceptors (Lipinski definition) is 4. The fraction of sp³-hybridized carbons (Fsp3) is 0.714. The fourth-order valence-electron chi connectivity index (χ4n) is 0.965. The highest BCUT2D eigenvalue weighted by molar-refractivity contribution is 5.97. The third-order valence-electron chi connectivity index (χ3n) is 1.60. The topological polar surface area (TPSA) is 58.6 Å². The van der Waals surface area contributed by atoms with Crippen molar-refractivity contribution in [3.63, 3.8) is 0 Å². The molecule has 0 radical (unpaired) electrons. The molecule has 76 valence electrons. The van der Waals surface area contributed by atoms with Gasteiger partial charge in [0, 0.05) is 13.1 Å². The largest absolute Gasteiger partial charge is 0.439 e. The molecule has 5 nitrogen and oxygen atoms in total. The van der Waals surface area contributed by atoms with E-state index in [0.29, 0.717) is 13.1 Å². The monoisotopic (exact) mass is 208 g/mol. The lowest BCUT2D eigenvalue weighted by Crippen LogP contribution is -2.35. The number of cyclic esters (lactones) is 1. The Morgan fingerprint density at radius 1 is 1.54 bits per heavy atom.